The molecule has 3 heteroatoms. The molecule has 0 heterocycles. The molecule has 0 saturated carbocycles. The van der Waals surface area contributed by atoms with Gasteiger partial charge in [0.05, 0.1) is 5.57 Å². The maximum atomic E-state index is 11.0. The Kier molecular flexibility index (Phi) is 3.74. The van der Waals surface area contributed by atoms with Crippen molar-refractivity contribution in [3.8, 4) is 0 Å². The molecule has 0 saturated heterocycles. The monoisotopic (exact) mass is 165 g/mol. The van der Waals surface area contributed by atoms with Crippen LogP contribution < -0.4 is 5.32 Å². The van der Waals surface area contributed by atoms with Gasteiger partial charge in [-0.15, -0.1) is 0 Å². The third-order valence-corrected chi connectivity index (χ3v) is 1.26. The van der Waals surface area contributed by atoms with Crippen LogP contribution in [0.3, 0.4) is 0 Å². The summed E-state index contributed by atoms with van der Waals surface area (Å²) >= 11 is 0. The molecule has 0 aromatic heterocycles. The second-order valence-corrected chi connectivity index (χ2v) is 2.44. The zero-order chi connectivity index (χ0) is 9.72. The fourth-order valence-electron chi connectivity index (χ4n) is 0.399. The average Bonchev–Trinajstić information content (AvgIpc) is 2.02. The van der Waals surface area contributed by atoms with Gasteiger partial charge >= 0.3 is 0 Å². The quantitative estimate of drug-likeness (QED) is 0.385. The van der Waals surface area contributed by atoms with Crippen molar-refractivity contribution in [1.82, 2.24) is 5.32 Å². The number of allylic oxidation sites excluding steroid dienone is 1. The van der Waals surface area contributed by atoms with Crippen molar-refractivity contribution in [2.45, 2.75) is 13.8 Å². The summed E-state index contributed by atoms with van der Waals surface area (Å²) in [4.78, 5) is 21.1. The number of carbonyl (C=O) groups is 1. The first-order valence-electron chi connectivity index (χ1n) is 3.37. The van der Waals surface area contributed by atoms with Gasteiger partial charge in [-0.3, -0.25) is 4.79 Å². The minimum atomic E-state index is -0.338. The van der Waals surface area contributed by atoms with Gasteiger partial charge in [0.15, 0.2) is 0 Å². The van der Waals surface area contributed by atoms with Crippen LogP contribution in [0.15, 0.2) is 30.0 Å². The topological polar surface area (TPSA) is 46.2 Å². The van der Waals surface area contributed by atoms with E-state index in [0.29, 0.717) is 5.57 Å². The first-order chi connectivity index (χ1) is 5.49. The zero-order valence-corrected chi connectivity index (χ0v) is 7.23. The lowest BCUT2D eigenvalue weighted by Crippen LogP contribution is -2.23. The predicted octanol–water partition coefficient (Wildman–Crippen LogP) is 0.970. The van der Waals surface area contributed by atoms with E-state index in [0.717, 1.165) is 0 Å². The van der Waals surface area contributed by atoms with Crippen LogP contribution in [0.2, 0.25) is 0 Å². The first-order valence-corrected chi connectivity index (χ1v) is 3.37. The Morgan fingerprint density at radius 2 is 1.83 bits per heavy atom. The van der Waals surface area contributed by atoms with Crippen LogP contribution in [0.25, 0.3) is 0 Å². The molecule has 0 rings (SSSR count). The summed E-state index contributed by atoms with van der Waals surface area (Å²) in [5.74, 6) is 1.29. The molecule has 0 aromatic rings. The van der Waals surface area contributed by atoms with Gasteiger partial charge in [0.1, 0.15) is 5.94 Å². The molecule has 0 spiro atoms. The zero-order valence-electron chi connectivity index (χ0n) is 7.23. The summed E-state index contributed by atoms with van der Waals surface area (Å²) in [6, 6.07) is 0. The maximum Gasteiger partial charge on any atom is 0.250 e. The van der Waals surface area contributed by atoms with Crippen LogP contribution in [0.5, 0.6) is 0 Å². The van der Waals surface area contributed by atoms with Crippen molar-refractivity contribution < 1.29 is 9.59 Å². The van der Waals surface area contributed by atoms with E-state index in [9.17, 15) is 9.59 Å². The van der Waals surface area contributed by atoms with Gasteiger partial charge in [-0.1, -0.05) is 13.2 Å². The Hall–Kier alpha value is -1.60. The van der Waals surface area contributed by atoms with Crippen LogP contribution in [-0.4, -0.2) is 11.8 Å². The van der Waals surface area contributed by atoms with Crippen LogP contribution in [0.4, 0.5) is 0 Å². The Morgan fingerprint density at radius 1 is 1.33 bits per heavy atom. The van der Waals surface area contributed by atoms with Crippen LogP contribution in [0.1, 0.15) is 13.8 Å². The van der Waals surface area contributed by atoms with Crippen molar-refractivity contribution in [3.63, 3.8) is 0 Å². The number of rotatable bonds is 3. The Morgan fingerprint density at radius 3 is 2.17 bits per heavy atom. The second-order valence-electron chi connectivity index (χ2n) is 2.44. The maximum absolute atomic E-state index is 11.0. The largest absolute Gasteiger partial charge is 0.322 e. The van der Waals surface area contributed by atoms with E-state index in [2.05, 4.69) is 18.5 Å². The molecule has 0 fully saturated rings. The van der Waals surface area contributed by atoms with E-state index in [1.807, 2.05) is 0 Å². The molecular formula is C9H11NO2. The summed E-state index contributed by atoms with van der Waals surface area (Å²) in [7, 11) is 0. The Labute approximate surface area is 71.5 Å². The van der Waals surface area contributed by atoms with Gasteiger partial charge in [-0.2, -0.15) is 0 Å². The van der Waals surface area contributed by atoms with E-state index in [1.54, 1.807) is 12.9 Å². The van der Waals surface area contributed by atoms with E-state index >= 15 is 0 Å². The highest BCUT2D eigenvalue weighted by atomic mass is 16.1. The lowest BCUT2D eigenvalue weighted by Gasteiger charge is -2.04. The standard InChI is InChI=1S/C9H11NO2/c1-6(2)9(12)10-8(4)7(3)5-11/h1,4H2,2-3H3,(H,10,12). The van der Waals surface area contributed by atoms with Crippen molar-refractivity contribution >= 4 is 11.8 Å². The second kappa shape index (κ2) is 4.31. The molecule has 0 unspecified atom stereocenters. The van der Waals surface area contributed by atoms with Crippen LogP contribution >= 0.6 is 0 Å². The molecule has 64 valence electrons. The van der Waals surface area contributed by atoms with E-state index in [4.69, 9.17) is 0 Å². The van der Waals surface area contributed by atoms with Crippen molar-refractivity contribution in [2.24, 2.45) is 0 Å². The molecule has 0 atom stereocenters. The number of hydrogen-bond acceptors (Lipinski definition) is 2. The molecule has 1 N–H and O–H groups in total. The minimum absolute atomic E-state index is 0.262. The fraction of sp³-hybridized carbons (Fsp3) is 0.222. The smallest absolute Gasteiger partial charge is 0.250 e. The van der Waals surface area contributed by atoms with Gasteiger partial charge < -0.3 is 5.32 Å². The highest BCUT2D eigenvalue weighted by Crippen LogP contribution is 1.99. The molecule has 0 aliphatic carbocycles. The summed E-state index contributed by atoms with van der Waals surface area (Å²) in [6.07, 6.45) is 0. The average molecular weight is 165 g/mol. The molecule has 0 aromatic carbocycles. The van der Waals surface area contributed by atoms with Crippen molar-refractivity contribution in [3.05, 3.63) is 30.0 Å². The van der Waals surface area contributed by atoms with Gasteiger partial charge in [0, 0.05) is 11.3 Å². The van der Waals surface area contributed by atoms with Gasteiger partial charge in [0.2, 0.25) is 0 Å². The molecular weight excluding hydrogens is 154 g/mol. The minimum Gasteiger partial charge on any atom is -0.322 e. The summed E-state index contributed by atoms with van der Waals surface area (Å²) in [5.41, 5.74) is 0.914. The van der Waals surface area contributed by atoms with Crippen LogP contribution in [0, 0.1) is 0 Å². The highest BCUT2D eigenvalue weighted by Gasteiger charge is 2.04. The van der Waals surface area contributed by atoms with E-state index in [1.165, 1.54) is 6.92 Å². The number of carbonyl (C=O) groups excluding carboxylic acids is 2. The molecule has 3 nitrogen and oxygen atoms in total. The molecule has 0 aliphatic heterocycles. The Balaban J connectivity index is 4.30. The summed E-state index contributed by atoms with van der Waals surface area (Å²) in [5, 5.41) is 2.40. The third-order valence-electron chi connectivity index (χ3n) is 1.26. The lowest BCUT2D eigenvalue weighted by atomic mass is 10.2. The van der Waals surface area contributed by atoms with E-state index < -0.39 is 0 Å². The van der Waals surface area contributed by atoms with E-state index in [-0.39, 0.29) is 17.2 Å². The Bertz CT molecular complexity index is 283. The third kappa shape index (κ3) is 2.99. The molecule has 0 aliphatic rings. The molecule has 12 heavy (non-hydrogen) atoms. The molecule has 1 amide bonds. The van der Waals surface area contributed by atoms with Crippen molar-refractivity contribution in [1.29, 1.82) is 0 Å². The number of amides is 1. The number of nitrogens with one attached hydrogen (secondary N) is 1. The molecule has 0 bridgehead atoms. The fourth-order valence-corrected chi connectivity index (χ4v) is 0.399. The highest BCUT2D eigenvalue weighted by molar-refractivity contribution is 5.94. The normalized spacial score (nSPS) is 8.17. The lowest BCUT2D eigenvalue weighted by molar-refractivity contribution is -0.116. The van der Waals surface area contributed by atoms with Crippen LogP contribution in [-0.2, 0) is 9.59 Å². The summed E-state index contributed by atoms with van der Waals surface area (Å²) < 4.78 is 0. The van der Waals surface area contributed by atoms with Gasteiger partial charge in [-0.25, -0.2) is 4.79 Å². The summed E-state index contributed by atoms with van der Waals surface area (Å²) in [6.45, 7) is 10.0. The molecule has 0 radical (unpaired) electrons. The first kappa shape index (κ1) is 10.4. The number of hydrogen-bond donors (Lipinski definition) is 1. The predicted molar refractivity (Wildman–Crippen MR) is 47.0 cm³/mol. The van der Waals surface area contributed by atoms with Gasteiger partial charge in [-0.05, 0) is 13.8 Å². The SMILES string of the molecule is C=C(C)C(=O)NC(=C)C(C)=C=O. The van der Waals surface area contributed by atoms with Crippen molar-refractivity contribution in [2.75, 3.05) is 0 Å². The van der Waals surface area contributed by atoms with Gasteiger partial charge in [0.25, 0.3) is 5.91 Å².